The lowest BCUT2D eigenvalue weighted by Crippen LogP contribution is -2.30. The second kappa shape index (κ2) is 10.6. The smallest absolute Gasteiger partial charge is 0.274 e. The number of hydrogen-bond acceptors (Lipinski definition) is 5. The van der Waals surface area contributed by atoms with Crippen molar-refractivity contribution >= 4 is 23.2 Å². The van der Waals surface area contributed by atoms with E-state index >= 15 is 0 Å². The number of nitrogen functional groups attached to an aromatic ring is 1. The zero-order valence-corrected chi connectivity index (χ0v) is 16.7. The van der Waals surface area contributed by atoms with Gasteiger partial charge in [-0.3, -0.25) is 14.6 Å². The number of amides is 2. The molecule has 1 aliphatic heterocycles. The summed E-state index contributed by atoms with van der Waals surface area (Å²) in [4.78, 5) is 31.2. The van der Waals surface area contributed by atoms with Gasteiger partial charge in [0.15, 0.2) is 0 Å². The van der Waals surface area contributed by atoms with E-state index in [0.29, 0.717) is 23.5 Å². The predicted octanol–water partition coefficient (Wildman–Crippen LogP) is 2.91. The Morgan fingerprint density at radius 3 is 2.45 bits per heavy atom. The Morgan fingerprint density at radius 1 is 1.00 bits per heavy atom. The van der Waals surface area contributed by atoms with Crippen LogP contribution in [0.5, 0.6) is 0 Å². The summed E-state index contributed by atoms with van der Waals surface area (Å²) in [5, 5.41) is 5.65. The maximum atomic E-state index is 12.3. The van der Waals surface area contributed by atoms with E-state index in [0.717, 1.165) is 26.1 Å². The topological polar surface area (TPSA) is 100 Å². The highest BCUT2D eigenvalue weighted by Gasteiger charge is 2.12. The quantitative estimate of drug-likeness (QED) is 0.494. The molecule has 29 heavy (non-hydrogen) atoms. The normalized spacial score (nSPS) is 14.8. The summed E-state index contributed by atoms with van der Waals surface area (Å²) >= 11 is 0. The number of hydrogen-bond donors (Lipinski definition) is 3. The lowest BCUT2D eigenvalue weighted by atomic mass is 10.2. The maximum Gasteiger partial charge on any atom is 0.274 e. The zero-order chi connectivity index (χ0) is 20.5. The zero-order valence-electron chi connectivity index (χ0n) is 16.7. The van der Waals surface area contributed by atoms with E-state index in [4.69, 9.17) is 5.73 Å². The number of para-hydroxylation sites is 2. The highest BCUT2D eigenvalue weighted by molar-refractivity contribution is 6.04. The third-order valence-corrected chi connectivity index (χ3v) is 5.10. The molecule has 0 aliphatic carbocycles. The Balaban J connectivity index is 1.44. The van der Waals surface area contributed by atoms with Crippen LogP contribution in [-0.2, 0) is 0 Å². The molecule has 0 saturated carbocycles. The molecule has 0 spiro atoms. The standard InChI is InChI=1S/C22H29N5O2/c23-18-8-3-4-9-19(18)26-22(29)20-11-10-17(16-25-20)21(28)24-12-7-15-27-13-5-1-2-6-14-27/h3-4,8-11,16H,1-2,5-7,12-15,23H2,(H,24,28)(H,26,29). The van der Waals surface area contributed by atoms with Crippen molar-refractivity contribution in [2.75, 3.05) is 37.2 Å². The molecule has 4 N–H and O–H groups in total. The van der Waals surface area contributed by atoms with Crippen molar-refractivity contribution in [1.82, 2.24) is 15.2 Å². The van der Waals surface area contributed by atoms with Crippen LogP contribution < -0.4 is 16.4 Å². The van der Waals surface area contributed by atoms with E-state index in [1.807, 2.05) is 0 Å². The highest BCUT2D eigenvalue weighted by atomic mass is 16.2. The summed E-state index contributed by atoms with van der Waals surface area (Å²) in [6.07, 6.45) is 7.55. The largest absolute Gasteiger partial charge is 0.397 e. The second-order valence-electron chi connectivity index (χ2n) is 7.34. The molecular formula is C22H29N5O2. The number of rotatable bonds is 7. The SMILES string of the molecule is Nc1ccccc1NC(=O)c1ccc(C(=O)NCCCN2CCCCCC2)cn1. The molecule has 2 amide bonds. The lowest BCUT2D eigenvalue weighted by Gasteiger charge is -2.19. The van der Waals surface area contributed by atoms with E-state index < -0.39 is 0 Å². The van der Waals surface area contributed by atoms with Crippen molar-refractivity contribution in [3.63, 3.8) is 0 Å². The molecule has 7 nitrogen and oxygen atoms in total. The van der Waals surface area contributed by atoms with E-state index in [-0.39, 0.29) is 17.5 Å². The Bertz CT molecular complexity index is 814. The van der Waals surface area contributed by atoms with Gasteiger partial charge in [0, 0.05) is 12.7 Å². The molecule has 0 atom stereocenters. The minimum atomic E-state index is -0.368. The molecule has 2 aromatic rings. The summed E-state index contributed by atoms with van der Waals surface area (Å²) in [6, 6.07) is 10.2. The number of likely N-dealkylation sites (tertiary alicyclic amines) is 1. The van der Waals surface area contributed by atoms with Crippen LogP contribution in [0.2, 0.25) is 0 Å². The van der Waals surface area contributed by atoms with Crippen LogP contribution in [0.4, 0.5) is 11.4 Å². The van der Waals surface area contributed by atoms with Gasteiger partial charge in [-0.05, 0) is 63.2 Å². The number of aromatic nitrogens is 1. The molecule has 3 rings (SSSR count). The van der Waals surface area contributed by atoms with Gasteiger partial charge < -0.3 is 21.3 Å². The van der Waals surface area contributed by atoms with Crippen LogP contribution in [0.25, 0.3) is 0 Å². The predicted molar refractivity (Wildman–Crippen MR) is 115 cm³/mol. The molecule has 0 radical (unpaired) electrons. The Labute approximate surface area is 171 Å². The fourth-order valence-corrected chi connectivity index (χ4v) is 3.43. The molecule has 1 aromatic heterocycles. The maximum absolute atomic E-state index is 12.3. The van der Waals surface area contributed by atoms with Crippen molar-refractivity contribution in [2.24, 2.45) is 0 Å². The van der Waals surface area contributed by atoms with Crippen LogP contribution in [-0.4, -0.2) is 47.9 Å². The number of carbonyl (C=O) groups excluding carboxylic acids is 2. The Kier molecular flexibility index (Phi) is 7.58. The third kappa shape index (κ3) is 6.29. The number of nitrogens with one attached hydrogen (secondary N) is 2. The molecule has 1 aliphatic rings. The van der Waals surface area contributed by atoms with Gasteiger partial charge >= 0.3 is 0 Å². The number of pyridine rings is 1. The van der Waals surface area contributed by atoms with Gasteiger partial charge in [0.05, 0.1) is 16.9 Å². The highest BCUT2D eigenvalue weighted by Crippen LogP contribution is 2.17. The molecule has 1 saturated heterocycles. The molecule has 154 valence electrons. The van der Waals surface area contributed by atoms with Crippen LogP contribution in [0.3, 0.4) is 0 Å². The minimum Gasteiger partial charge on any atom is -0.397 e. The van der Waals surface area contributed by atoms with Gasteiger partial charge in [-0.1, -0.05) is 25.0 Å². The molecule has 7 heteroatoms. The Morgan fingerprint density at radius 2 is 1.76 bits per heavy atom. The first-order valence-electron chi connectivity index (χ1n) is 10.3. The number of nitrogens with zero attached hydrogens (tertiary/aromatic N) is 2. The second-order valence-corrected chi connectivity index (χ2v) is 7.34. The average molecular weight is 396 g/mol. The van der Waals surface area contributed by atoms with Crippen LogP contribution in [0, 0.1) is 0 Å². The molecule has 2 heterocycles. The van der Waals surface area contributed by atoms with Crippen molar-refractivity contribution < 1.29 is 9.59 Å². The van der Waals surface area contributed by atoms with Crippen molar-refractivity contribution in [2.45, 2.75) is 32.1 Å². The Hall–Kier alpha value is -2.93. The first-order valence-corrected chi connectivity index (χ1v) is 10.3. The monoisotopic (exact) mass is 395 g/mol. The summed E-state index contributed by atoms with van der Waals surface area (Å²) < 4.78 is 0. The molecule has 0 bridgehead atoms. The van der Waals surface area contributed by atoms with Gasteiger partial charge in [0.25, 0.3) is 11.8 Å². The third-order valence-electron chi connectivity index (χ3n) is 5.10. The van der Waals surface area contributed by atoms with E-state index in [9.17, 15) is 9.59 Å². The summed E-state index contributed by atoms with van der Waals surface area (Å²) in [5.41, 5.74) is 7.52. The molecular weight excluding hydrogens is 366 g/mol. The summed E-state index contributed by atoms with van der Waals surface area (Å²) in [5.74, 6) is -0.542. The van der Waals surface area contributed by atoms with E-state index in [2.05, 4.69) is 20.5 Å². The summed E-state index contributed by atoms with van der Waals surface area (Å²) in [6.45, 7) is 3.97. The summed E-state index contributed by atoms with van der Waals surface area (Å²) in [7, 11) is 0. The van der Waals surface area contributed by atoms with Gasteiger partial charge in [-0.2, -0.15) is 0 Å². The van der Waals surface area contributed by atoms with Crippen LogP contribution in [0.15, 0.2) is 42.6 Å². The van der Waals surface area contributed by atoms with Crippen molar-refractivity contribution in [3.05, 3.63) is 53.9 Å². The minimum absolute atomic E-state index is 0.173. The van der Waals surface area contributed by atoms with E-state index in [1.54, 1.807) is 36.4 Å². The molecule has 1 aromatic carbocycles. The van der Waals surface area contributed by atoms with Gasteiger partial charge in [0.2, 0.25) is 0 Å². The fourth-order valence-electron chi connectivity index (χ4n) is 3.43. The molecule has 1 fully saturated rings. The van der Waals surface area contributed by atoms with Crippen molar-refractivity contribution in [1.29, 1.82) is 0 Å². The average Bonchev–Trinajstić information content (AvgIpc) is 3.01. The van der Waals surface area contributed by atoms with Gasteiger partial charge in [0.1, 0.15) is 5.69 Å². The first kappa shape index (κ1) is 20.8. The van der Waals surface area contributed by atoms with E-state index in [1.165, 1.54) is 31.9 Å². The number of nitrogens with two attached hydrogens (primary N) is 1. The number of anilines is 2. The van der Waals surface area contributed by atoms with Crippen LogP contribution >= 0.6 is 0 Å². The van der Waals surface area contributed by atoms with Gasteiger partial charge in [-0.15, -0.1) is 0 Å². The number of benzene rings is 1. The van der Waals surface area contributed by atoms with Crippen molar-refractivity contribution in [3.8, 4) is 0 Å². The number of carbonyl (C=O) groups is 2. The molecule has 0 unspecified atom stereocenters. The van der Waals surface area contributed by atoms with Gasteiger partial charge in [-0.25, -0.2) is 0 Å². The lowest BCUT2D eigenvalue weighted by molar-refractivity contribution is 0.0949. The van der Waals surface area contributed by atoms with Crippen LogP contribution in [0.1, 0.15) is 53.0 Å². The first-order chi connectivity index (χ1) is 14.1. The fraction of sp³-hybridized carbons (Fsp3) is 0.409.